The molecule has 0 aliphatic rings. The molecule has 0 bridgehead atoms. The number of nitro benzene ring substituents is 1. The molecule has 1 N–H and O–H groups in total. The van der Waals surface area contributed by atoms with Gasteiger partial charge >= 0.3 is 0 Å². The lowest BCUT2D eigenvalue weighted by Gasteiger charge is -2.07. The van der Waals surface area contributed by atoms with Crippen molar-refractivity contribution in [2.75, 3.05) is 12.4 Å². The third kappa shape index (κ3) is 4.76. The van der Waals surface area contributed by atoms with E-state index < -0.39 is 4.92 Å². The van der Waals surface area contributed by atoms with E-state index in [4.69, 9.17) is 4.74 Å². The Labute approximate surface area is 181 Å². The van der Waals surface area contributed by atoms with Crippen LogP contribution >= 0.6 is 11.3 Å². The zero-order valence-corrected chi connectivity index (χ0v) is 17.3. The maximum atomic E-state index is 12.5. The third-order valence-corrected chi connectivity index (χ3v) is 5.50. The van der Waals surface area contributed by atoms with Gasteiger partial charge in [0.15, 0.2) is 0 Å². The van der Waals surface area contributed by atoms with Crippen LogP contribution in [0.4, 0.5) is 11.4 Å². The molecule has 4 aromatic rings. The summed E-state index contributed by atoms with van der Waals surface area (Å²) >= 11 is 1.38. The van der Waals surface area contributed by atoms with Crippen molar-refractivity contribution in [3.63, 3.8) is 0 Å². The standard InChI is InChI=1S/C23H17N3O4S/c1-30-19-9-6-16(7-10-19)23(27)24-17-4-2-3-15(13-17)5-12-22-25-20-11-8-18(26(28)29)14-21(20)31-22/h2-14H,1H3,(H,24,27). The van der Waals surface area contributed by atoms with Crippen LogP contribution in [0.5, 0.6) is 5.75 Å². The number of non-ortho nitro benzene ring substituents is 1. The minimum Gasteiger partial charge on any atom is -0.497 e. The molecular formula is C23H17N3O4S. The van der Waals surface area contributed by atoms with Crippen molar-refractivity contribution >= 4 is 51.0 Å². The number of aromatic nitrogens is 1. The SMILES string of the molecule is COc1ccc(C(=O)Nc2cccc(C=Cc3nc4ccc([N+](=O)[O-])cc4s3)c2)cc1. The van der Waals surface area contributed by atoms with Gasteiger partial charge in [0.2, 0.25) is 0 Å². The van der Waals surface area contributed by atoms with Crippen LogP contribution in [0.2, 0.25) is 0 Å². The maximum absolute atomic E-state index is 12.5. The number of methoxy groups -OCH3 is 1. The number of hydrogen-bond acceptors (Lipinski definition) is 6. The molecule has 1 amide bonds. The molecule has 0 spiro atoms. The predicted molar refractivity (Wildman–Crippen MR) is 123 cm³/mol. The molecule has 0 fully saturated rings. The number of hydrogen-bond donors (Lipinski definition) is 1. The Hall–Kier alpha value is -4.04. The Bertz CT molecular complexity index is 1300. The first-order valence-electron chi connectivity index (χ1n) is 9.30. The van der Waals surface area contributed by atoms with Crippen molar-refractivity contribution in [1.82, 2.24) is 4.98 Å². The van der Waals surface area contributed by atoms with Crippen LogP contribution in [-0.2, 0) is 0 Å². The number of nitrogens with zero attached hydrogens (tertiary/aromatic N) is 2. The minimum atomic E-state index is -0.416. The fraction of sp³-hybridized carbons (Fsp3) is 0.0435. The summed E-state index contributed by atoms with van der Waals surface area (Å²) in [6.07, 6.45) is 3.73. The highest BCUT2D eigenvalue weighted by Gasteiger charge is 2.09. The molecule has 0 aliphatic carbocycles. The smallest absolute Gasteiger partial charge is 0.270 e. The maximum Gasteiger partial charge on any atom is 0.270 e. The second kappa shape index (κ2) is 8.76. The Balaban J connectivity index is 1.49. The van der Waals surface area contributed by atoms with E-state index in [2.05, 4.69) is 10.3 Å². The molecule has 1 heterocycles. The molecule has 4 rings (SSSR count). The van der Waals surface area contributed by atoms with E-state index in [1.807, 2.05) is 36.4 Å². The highest BCUT2D eigenvalue weighted by atomic mass is 32.1. The van der Waals surface area contributed by atoms with E-state index in [0.29, 0.717) is 17.0 Å². The normalized spacial score (nSPS) is 11.0. The van der Waals surface area contributed by atoms with Crippen LogP contribution in [0, 0.1) is 10.1 Å². The first-order valence-corrected chi connectivity index (χ1v) is 10.1. The van der Waals surface area contributed by atoms with Crippen molar-refractivity contribution in [1.29, 1.82) is 0 Å². The van der Waals surface area contributed by atoms with Gasteiger partial charge < -0.3 is 10.1 Å². The average Bonchev–Trinajstić information content (AvgIpc) is 3.20. The lowest BCUT2D eigenvalue weighted by molar-refractivity contribution is -0.384. The number of ether oxygens (including phenoxy) is 1. The highest BCUT2D eigenvalue weighted by molar-refractivity contribution is 7.19. The molecule has 3 aromatic carbocycles. The number of thiazole rings is 1. The van der Waals surface area contributed by atoms with E-state index in [0.717, 1.165) is 20.8 Å². The molecule has 0 radical (unpaired) electrons. The summed E-state index contributed by atoms with van der Waals surface area (Å²) in [7, 11) is 1.58. The van der Waals surface area contributed by atoms with Crippen LogP contribution in [0.3, 0.4) is 0 Å². The summed E-state index contributed by atoms with van der Waals surface area (Å²) in [5.74, 6) is 0.477. The first-order chi connectivity index (χ1) is 15.0. The number of anilines is 1. The minimum absolute atomic E-state index is 0.0481. The van der Waals surface area contributed by atoms with Gasteiger partial charge in [0.25, 0.3) is 11.6 Å². The van der Waals surface area contributed by atoms with Crippen molar-refractivity contribution in [3.8, 4) is 5.75 Å². The summed E-state index contributed by atoms with van der Waals surface area (Å²) < 4.78 is 5.87. The molecule has 1 aromatic heterocycles. The Morgan fingerprint density at radius 1 is 1.10 bits per heavy atom. The largest absolute Gasteiger partial charge is 0.497 e. The molecule has 154 valence electrons. The number of rotatable bonds is 6. The van der Waals surface area contributed by atoms with E-state index in [9.17, 15) is 14.9 Å². The highest BCUT2D eigenvalue weighted by Crippen LogP contribution is 2.27. The van der Waals surface area contributed by atoms with Gasteiger partial charge in [0, 0.05) is 23.4 Å². The summed E-state index contributed by atoms with van der Waals surface area (Å²) in [4.78, 5) is 27.4. The number of nitrogens with one attached hydrogen (secondary N) is 1. The van der Waals surface area contributed by atoms with Crippen molar-refractivity contribution in [2.24, 2.45) is 0 Å². The quantitative estimate of drug-likeness (QED) is 0.315. The number of amides is 1. The van der Waals surface area contributed by atoms with E-state index in [-0.39, 0.29) is 11.6 Å². The molecule has 0 saturated carbocycles. The molecule has 0 aliphatic heterocycles. The molecular weight excluding hydrogens is 414 g/mol. The monoisotopic (exact) mass is 431 g/mol. The summed E-state index contributed by atoms with van der Waals surface area (Å²) in [5, 5.41) is 14.6. The number of carbonyl (C=O) groups excluding carboxylic acids is 1. The Kier molecular flexibility index (Phi) is 5.72. The van der Waals surface area contributed by atoms with Crippen LogP contribution in [0.1, 0.15) is 20.9 Å². The topological polar surface area (TPSA) is 94.4 Å². The van der Waals surface area contributed by atoms with Crippen LogP contribution < -0.4 is 10.1 Å². The number of fused-ring (bicyclic) bond motifs is 1. The van der Waals surface area contributed by atoms with E-state index in [1.54, 1.807) is 37.4 Å². The zero-order valence-electron chi connectivity index (χ0n) is 16.4. The lowest BCUT2D eigenvalue weighted by Crippen LogP contribution is -2.11. The van der Waals surface area contributed by atoms with Crippen LogP contribution in [-0.4, -0.2) is 22.9 Å². The van der Waals surface area contributed by atoms with Gasteiger partial charge in [-0.3, -0.25) is 14.9 Å². The van der Waals surface area contributed by atoms with Crippen LogP contribution in [0.25, 0.3) is 22.4 Å². The van der Waals surface area contributed by atoms with Gasteiger partial charge in [-0.2, -0.15) is 0 Å². The van der Waals surface area contributed by atoms with E-state index >= 15 is 0 Å². The molecule has 8 heteroatoms. The summed E-state index contributed by atoms with van der Waals surface area (Å²) in [6, 6.07) is 18.9. The predicted octanol–water partition coefficient (Wildman–Crippen LogP) is 5.64. The molecule has 7 nitrogen and oxygen atoms in total. The van der Waals surface area contributed by atoms with Gasteiger partial charge in [-0.05, 0) is 54.1 Å². The molecule has 31 heavy (non-hydrogen) atoms. The van der Waals surface area contributed by atoms with Crippen molar-refractivity contribution in [2.45, 2.75) is 0 Å². The first kappa shape index (κ1) is 20.2. The lowest BCUT2D eigenvalue weighted by atomic mass is 10.1. The Morgan fingerprint density at radius 3 is 2.65 bits per heavy atom. The average molecular weight is 431 g/mol. The van der Waals surface area contributed by atoms with Crippen molar-refractivity contribution < 1.29 is 14.5 Å². The molecule has 0 unspecified atom stereocenters. The second-order valence-electron chi connectivity index (χ2n) is 6.60. The van der Waals surface area contributed by atoms with Gasteiger partial charge in [0.05, 0.1) is 22.2 Å². The van der Waals surface area contributed by atoms with E-state index in [1.165, 1.54) is 23.5 Å². The zero-order chi connectivity index (χ0) is 21.8. The number of carbonyl (C=O) groups is 1. The van der Waals surface area contributed by atoms with Gasteiger partial charge in [0.1, 0.15) is 10.8 Å². The number of nitro groups is 1. The Morgan fingerprint density at radius 2 is 1.90 bits per heavy atom. The van der Waals surface area contributed by atoms with Gasteiger partial charge in [-0.25, -0.2) is 4.98 Å². The summed E-state index contributed by atoms with van der Waals surface area (Å²) in [6.45, 7) is 0. The second-order valence-corrected chi connectivity index (χ2v) is 7.66. The van der Waals surface area contributed by atoms with Gasteiger partial charge in [-0.15, -0.1) is 11.3 Å². The fourth-order valence-electron chi connectivity index (χ4n) is 2.95. The summed E-state index contributed by atoms with van der Waals surface area (Å²) in [5.41, 5.74) is 2.86. The fourth-order valence-corrected chi connectivity index (χ4v) is 3.85. The third-order valence-electron chi connectivity index (χ3n) is 4.51. The van der Waals surface area contributed by atoms with Crippen molar-refractivity contribution in [3.05, 3.63) is 93.0 Å². The van der Waals surface area contributed by atoms with Gasteiger partial charge in [-0.1, -0.05) is 18.2 Å². The number of benzene rings is 3. The molecule has 0 atom stereocenters. The molecule has 0 saturated heterocycles. The van der Waals surface area contributed by atoms with Crippen LogP contribution in [0.15, 0.2) is 66.7 Å².